The highest BCUT2D eigenvalue weighted by Gasteiger charge is 2.22. The van der Waals surface area contributed by atoms with Crippen LogP contribution in [0, 0.1) is 6.92 Å². The second-order valence-corrected chi connectivity index (χ2v) is 6.91. The van der Waals surface area contributed by atoms with E-state index in [-0.39, 0.29) is 0 Å². The molecule has 0 atom stereocenters. The Morgan fingerprint density at radius 3 is 2.54 bits per heavy atom. The van der Waals surface area contributed by atoms with Crippen molar-refractivity contribution in [2.45, 2.75) is 19.7 Å². The molecule has 126 valence electrons. The van der Waals surface area contributed by atoms with E-state index in [4.69, 9.17) is 5.48 Å². The van der Waals surface area contributed by atoms with Crippen LogP contribution in [0.3, 0.4) is 0 Å². The number of pyridine rings is 1. The summed E-state index contributed by atoms with van der Waals surface area (Å²) in [6.07, 6.45) is -2.54. The molecule has 1 aliphatic carbocycles. The Labute approximate surface area is 160 Å². The van der Waals surface area contributed by atoms with Crippen LogP contribution in [0.4, 0.5) is 0 Å². The van der Waals surface area contributed by atoms with Gasteiger partial charge in [0.05, 0.1) is 5.56 Å². The van der Waals surface area contributed by atoms with E-state index < -0.39 is 12.7 Å². The maximum absolute atomic E-state index is 8.73. The topological polar surface area (TPSA) is 3.88 Å². The van der Waals surface area contributed by atoms with Crippen molar-refractivity contribution in [3.05, 3.63) is 89.6 Å². The van der Waals surface area contributed by atoms with E-state index in [9.17, 15) is 0 Å². The fourth-order valence-corrected chi connectivity index (χ4v) is 3.91. The first-order valence-electron chi connectivity index (χ1n) is 10.9. The fourth-order valence-electron chi connectivity index (χ4n) is 3.91. The third-order valence-corrected chi connectivity index (χ3v) is 5.15. The molecule has 4 aromatic rings. The van der Waals surface area contributed by atoms with Crippen molar-refractivity contribution in [1.29, 1.82) is 0 Å². The van der Waals surface area contributed by atoms with Crippen LogP contribution < -0.4 is 4.57 Å². The summed E-state index contributed by atoms with van der Waals surface area (Å²) in [6, 6.07) is 21.2. The minimum Gasteiger partial charge on any atom is -0.201 e. The van der Waals surface area contributed by atoms with Gasteiger partial charge in [0, 0.05) is 23.2 Å². The molecule has 1 nitrogen and oxygen atoms in total. The second-order valence-electron chi connectivity index (χ2n) is 6.91. The highest BCUT2D eigenvalue weighted by Crippen LogP contribution is 2.40. The van der Waals surface area contributed by atoms with Gasteiger partial charge in [-0.3, -0.25) is 0 Å². The average Bonchev–Trinajstić information content (AvgIpc) is 2.72. The van der Waals surface area contributed by atoms with E-state index in [1.807, 2.05) is 54.2 Å². The second kappa shape index (κ2) is 5.81. The quantitative estimate of drug-likeness (QED) is 0.377. The lowest BCUT2D eigenvalue weighted by atomic mass is 9.86. The standard InChI is InChI=1S/C25H22N/c1-17-14-20-7-3-4-9-22(20)25-21-8-5-6-18(15-21)10-11-19-12-13-26(2)23(16-19)24(17)25/h3-9,12-16H,10-11H2,1-2H3/q+1/i10D2,11D2. The van der Waals surface area contributed by atoms with E-state index in [1.165, 1.54) is 0 Å². The zero-order valence-corrected chi connectivity index (χ0v) is 14.9. The number of hydrogen-bond donors (Lipinski definition) is 0. The Balaban J connectivity index is 2.05. The molecule has 0 spiro atoms. The highest BCUT2D eigenvalue weighted by atomic mass is 14.9. The molecule has 0 N–H and O–H groups in total. The van der Waals surface area contributed by atoms with Gasteiger partial charge in [0.2, 0.25) is 5.69 Å². The molecular formula is C25H22N+. The highest BCUT2D eigenvalue weighted by molar-refractivity contribution is 6.04. The van der Waals surface area contributed by atoms with Crippen molar-refractivity contribution < 1.29 is 10.1 Å². The van der Waals surface area contributed by atoms with Gasteiger partial charge in [0.1, 0.15) is 7.05 Å². The molecular weight excluding hydrogens is 314 g/mol. The number of fused-ring (bicyclic) bond motifs is 9. The molecule has 0 unspecified atom stereocenters. The van der Waals surface area contributed by atoms with Crippen LogP contribution in [0.1, 0.15) is 22.2 Å². The molecule has 1 heterocycles. The van der Waals surface area contributed by atoms with E-state index in [0.29, 0.717) is 11.1 Å². The predicted molar refractivity (Wildman–Crippen MR) is 108 cm³/mol. The molecule has 0 fully saturated rings. The Hall–Kier alpha value is -2.93. The molecule has 5 rings (SSSR count). The van der Waals surface area contributed by atoms with Crippen molar-refractivity contribution in [1.82, 2.24) is 0 Å². The maximum Gasteiger partial charge on any atom is 0.213 e. The maximum atomic E-state index is 8.73. The van der Waals surface area contributed by atoms with E-state index in [1.54, 1.807) is 12.1 Å². The van der Waals surface area contributed by atoms with Crippen LogP contribution in [-0.2, 0) is 19.8 Å². The number of aromatic nitrogens is 1. The van der Waals surface area contributed by atoms with Crippen LogP contribution in [0.25, 0.3) is 33.2 Å². The van der Waals surface area contributed by atoms with E-state index in [0.717, 1.165) is 38.7 Å². The van der Waals surface area contributed by atoms with Crippen LogP contribution in [0.15, 0.2) is 72.9 Å². The molecule has 1 aliphatic rings. The number of hydrogen-bond acceptors (Lipinski definition) is 0. The fraction of sp³-hybridized carbons (Fsp3) is 0.160. The van der Waals surface area contributed by atoms with Gasteiger partial charge in [-0.15, -0.1) is 0 Å². The van der Waals surface area contributed by atoms with Gasteiger partial charge < -0.3 is 0 Å². The van der Waals surface area contributed by atoms with Crippen molar-refractivity contribution in [3.63, 3.8) is 0 Å². The Bertz CT molecular complexity index is 1320. The minimum absolute atomic E-state index is 0.339. The number of rotatable bonds is 0. The summed E-state index contributed by atoms with van der Waals surface area (Å²) in [7, 11) is 1.95. The van der Waals surface area contributed by atoms with Crippen LogP contribution in [-0.4, -0.2) is 0 Å². The van der Waals surface area contributed by atoms with Crippen LogP contribution in [0.5, 0.6) is 0 Å². The van der Waals surface area contributed by atoms with Gasteiger partial charge >= 0.3 is 0 Å². The van der Waals surface area contributed by atoms with Gasteiger partial charge in [-0.25, -0.2) is 4.57 Å². The average molecular weight is 340 g/mol. The van der Waals surface area contributed by atoms with Crippen molar-refractivity contribution in [2.24, 2.45) is 7.05 Å². The summed E-state index contributed by atoms with van der Waals surface area (Å²) in [4.78, 5) is 0. The zero-order chi connectivity index (χ0) is 21.3. The number of benzene rings is 3. The molecule has 1 aromatic heterocycles. The van der Waals surface area contributed by atoms with Crippen molar-refractivity contribution in [3.8, 4) is 22.4 Å². The molecule has 0 saturated heterocycles. The molecule has 0 radical (unpaired) electrons. The summed E-state index contributed by atoms with van der Waals surface area (Å²) >= 11 is 0. The predicted octanol–water partition coefficient (Wildman–Crippen LogP) is 5.41. The summed E-state index contributed by atoms with van der Waals surface area (Å²) < 4.78 is 36.9. The largest absolute Gasteiger partial charge is 0.213 e. The third kappa shape index (κ3) is 2.35. The molecule has 0 saturated carbocycles. The van der Waals surface area contributed by atoms with Gasteiger partial charge in [-0.2, -0.15) is 0 Å². The van der Waals surface area contributed by atoms with Gasteiger partial charge in [0.25, 0.3) is 0 Å². The third-order valence-electron chi connectivity index (χ3n) is 5.15. The van der Waals surface area contributed by atoms with Gasteiger partial charge in [0.15, 0.2) is 6.20 Å². The monoisotopic (exact) mass is 340 g/mol. The van der Waals surface area contributed by atoms with Crippen LogP contribution in [0.2, 0.25) is 0 Å². The Kier molecular flexibility index (Phi) is 2.60. The summed E-state index contributed by atoms with van der Waals surface area (Å²) in [5.41, 5.74) is 5.66. The molecule has 0 aliphatic heterocycles. The first kappa shape index (κ1) is 11.6. The zero-order valence-electron chi connectivity index (χ0n) is 18.9. The van der Waals surface area contributed by atoms with E-state index in [2.05, 4.69) is 25.1 Å². The SMILES string of the molecule is [2H]C1([2H])c2cccc(c2)-c2c(c(C)cc3ccccc23)-c2cc(cc[n+]2C)C1([2H])[2H]. The van der Waals surface area contributed by atoms with E-state index >= 15 is 0 Å². The Morgan fingerprint density at radius 1 is 0.846 bits per heavy atom. The lowest BCUT2D eigenvalue weighted by Crippen LogP contribution is -2.31. The van der Waals surface area contributed by atoms with Gasteiger partial charge in [-0.05, 0) is 52.7 Å². The molecule has 26 heavy (non-hydrogen) atoms. The first-order chi connectivity index (χ1) is 14.2. The van der Waals surface area contributed by atoms with Crippen LogP contribution >= 0.6 is 0 Å². The number of nitrogens with zero attached hydrogens (tertiary/aromatic N) is 1. The molecule has 0 amide bonds. The summed E-state index contributed by atoms with van der Waals surface area (Å²) in [5.74, 6) is 0. The first-order valence-corrected chi connectivity index (χ1v) is 8.85. The lowest BCUT2D eigenvalue weighted by Gasteiger charge is -2.18. The van der Waals surface area contributed by atoms with Crippen molar-refractivity contribution >= 4 is 10.8 Å². The summed E-state index contributed by atoms with van der Waals surface area (Å²) in [6.45, 7) is 2.08. The molecule has 4 bridgehead atoms. The molecule has 1 heteroatoms. The summed E-state index contributed by atoms with van der Waals surface area (Å²) in [5, 5.41) is 2.23. The molecule has 3 aromatic carbocycles. The smallest absolute Gasteiger partial charge is 0.201 e. The number of aryl methyl sites for hydroxylation is 4. The van der Waals surface area contributed by atoms with Crippen molar-refractivity contribution in [2.75, 3.05) is 0 Å². The normalized spacial score (nSPS) is 18.8. The van der Waals surface area contributed by atoms with Gasteiger partial charge in [-0.1, -0.05) is 54.6 Å². The minimum atomic E-state index is -2.18. The lowest BCUT2D eigenvalue weighted by molar-refractivity contribution is -0.660. The Morgan fingerprint density at radius 2 is 1.65 bits per heavy atom.